The maximum Gasteiger partial charge on any atom is 0.263 e. The van der Waals surface area contributed by atoms with Crippen LogP contribution in [0.25, 0.3) is 0 Å². The third kappa shape index (κ3) is 2.68. The molecule has 1 N–H and O–H groups in total. The highest BCUT2D eigenvalue weighted by molar-refractivity contribution is 9.10. The summed E-state index contributed by atoms with van der Waals surface area (Å²) in [6.07, 6.45) is 3.08. The highest BCUT2D eigenvalue weighted by Gasteiger charge is 2.20. The van der Waals surface area contributed by atoms with E-state index in [0.29, 0.717) is 5.13 Å². The predicted molar refractivity (Wildman–Crippen MR) is 79.1 cm³/mol. The average Bonchev–Trinajstić information content (AvgIpc) is 2.89. The molecule has 1 heterocycles. The van der Waals surface area contributed by atoms with Crippen molar-refractivity contribution in [3.8, 4) is 0 Å². The smallest absolute Gasteiger partial charge is 0.255 e. The Morgan fingerprint density at radius 2 is 1.95 bits per heavy atom. The normalized spacial score (nSPS) is 14.4. The minimum Gasteiger partial charge on any atom is -0.255 e. The van der Waals surface area contributed by atoms with E-state index in [0.717, 1.165) is 29.4 Å². The standard InChI is InChI=1S/C12H11BrN2O2S2/c13-8-4-6-9(7-5-8)19(16,17)15-12-14-10-2-1-3-11(10)18-12/h4-7H,1-3H2,(H,14,15). The second-order valence-electron chi connectivity index (χ2n) is 4.30. The van der Waals surface area contributed by atoms with Crippen molar-refractivity contribution in [2.24, 2.45) is 0 Å². The van der Waals surface area contributed by atoms with Crippen LogP contribution >= 0.6 is 27.3 Å². The fourth-order valence-corrected chi connectivity index (χ4v) is 4.57. The summed E-state index contributed by atoms with van der Waals surface area (Å²) >= 11 is 4.72. The highest BCUT2D eigenvalue weighted by atomic mass is 79.9. The summed E-state index contributed by atoms with van der Waals surface area (Å²) in [5.74, 6) is 0. The Bertz CT molecular complexity index is 686. The number of sulfonamides is 1. The van der Waals surface area contributed by atoms with Crippen LogP contribution in [-0.4, -0.2) is 13.4 Å². The fourth-order valence-electron chi connectivity index (χ4n) is 2.02. The van der Waals surface area contributed by atoms with Crippen molar-refractivity contribution in [3.05, 3.63) is 39.3 Å². The molecule has 0 aliphatic heterocycles. The van der Waals surface area contributed by atoms with E-state index in [-0.39, 0.29) is 4.90 Å². The Balaban J connectivity index is 1.86. The number of halogens is 1. The van der Waals surface area contributed by atoms with E-state index in [1.165, 1.54) is 16.2 Å². The van der Waals surface area contributed by atoms with Crippen LogP contribution in [0.1, 0.15) is 17.0 Å². The molecule has 0 fully saturated rings. The molecule has 19 heavy (non-hydrogen) atoms. The number of rotatable bonds is 3. The SMILES string of the molecule is O=S(=O)(Nc1nc2c(s1)CCC2)c1ccc(Br)cc1. The first kappa shape index (κ1) is 13.1. The molecule has 3 rings (SSSR count). The third-order valence-corrected chi connectivity index (χ3v) is 6.03. The fraction of sp³-hybridized carbons (Fsp3) is 0.250. The molecule has 0 radical (unpaired) electrons. The zero-order valence-electron chi connectivity index (χ0n) is 9.89. The number of aryl methyl sites for hydroxylation is 2. The summed E-state index contributed by atoms with van der Waals surface area (Å²) in [7, 11) is -3.54. The van der Waals surface area contributed by atoms with Crippen molar-refractivity contribution < 1.29 is 8.42 Å². The Labute approximate surface area is 124 Å². The van der Waals surface area contributed by atoms with E-state index in [1.807, 2.05) is 0 Å². The average molecular weight is 359 g/mol. The first-order valence-electron chi connectivity index (χ1n) is 5.81. The lowest BCUT2D eigenvalue weighted by Crippen LogP contribution is -2.12. The summed E-state index contributed by atoms with van der Waals surface area (Å²) in [5, 5.41) is 0.465. The van der Waals surface area contributed by atoms with Crippen molar-refractivity contribution >= 4 is 42.4 Å². The first-order chi connectivity index (χ1) is 9.04. The number of hydrogen-bond donors (Lipinski definition) is 1. The molecule has 1 aliphatic rings. The Morgan fingerprint density at radius 1 is 1.21 bits per heavy atom. The van der Waals surface area contributed by atoms with Gasteiger partial charge in [-0.05, 0) is 43.5 Å². The second kappa shape index (κ2) is 4.88. The van der Waals surface area contributed by atoms with Crippen molar-refractivity contribution in [2.75, 3.05) is 4.72 Å². The van der Waals surface area contributed by atoms with Gasteiger partial charge in [0.1, 0.15) is 0 Å². The van der Waals surface area contributed by atoms with E-state index >= 15 is 0 Å². The highest BCUT2D eigenvalue weighted by Crippen LogP contribution is 2.31. The topological polar surface area (TPSA) is 59.1 Å². The molecule has 0 atom stereocenters. The number of benzene rings is 1. The van der Waals surface area contributed by atoms with Gasteiger partial charge in [-0.25, -0.2) is 13.4 Å². The molecule has 0 saturated heterocycles. The largest absolute Gasteiger partial charge is 0.263 e. The van der Waals surface area contributed by atoms with Crippen LogP contribution in [0.4, 0.5) is 5.13 Å². The van der Waals surface area contributed by atoms with Crippen LogP contribution in [0.3, 0.4) is 0 Å². The quantitative estimate of drug-likeness (QED) is 0.916. The molecule has 7 heteroatoms. The van der Waals surface area contributed by atoms with E-state index in [4.69, 9.17) is 0 Å². The third-order valence-electron chi connectivity index (χ3n) is 2.94. The lowest BCUT2D eigenvalue weighted by molar-refractivity contribution is 0.601. The summed E-state index contributed by atoms with van der Waals surface area (Å²) < 4.78 is 27.8. The van der Waals surface area contributed by atoms with Crippen LogP contribution in [-0.2, 0) is 22.9 Å². The maximum atomic E-state index is 12.2. The summed E-state index contributed by atoms with van der Waals surface area (Å²) in [6.45, 7) is 0. The Morgan fingerprint density at radius 3 is 2.63 bits per heavy atom. The van der Waals surface area contributed by atoms with Crippen molar-refractivity contribution in [3.63, 3.8) is 0 Å². The minimum atomic E-state index is -3.54. The van der Waals surface area contributed by atoms with Crippen LogP contribution in [0.15, 0.2) is 33.6 Å². The zero-order chi connectivity index (χ0) is 13.5. The molecular weight excluding hydrogens is 348 g/mol. The first-order valence-corrected chi connectivity index (χ1v) is 8.91. The number of nitrogens with one attached hydrogen (secondary N) is 1. The molecule has 2 aromatic rings. The maximum absolute atomic E-state index is 12.2. The molecule has 0 amide bonds. The number of fused-ring (bicyclic) bond motifs is 1. The van der Waals surface area contributed by atoms with Gasteiger partial charge in [-0.1, -0.05) is 15.9 Å². The van der Waals surface area contributed by atoms with E-state index in [9.17, 15) is 8.42 Å². The predicted octanol–water partition coefficient (Wildman–Crippen LogP) is 3.20. The minimum absolute atomic E-state index is 0.242. The number of aromatic nitrogens is 1. The molecule has 0 spiro atoms. The number of anilines is 1. The molecule has 0 saturated carbocycles. The Hall–Kier alpha value is -0.920. The molecule has 1 aromatic carbocycles. The van der Waals surface area contributed by atoms with Gasteiger partial charge in [0, 0.05) is 9.35 Å². The van der Waals surface area contributed by atoms with E-state index in [2.05, 4.69) is 25.6 Å². The molecule has 0 bridgehead atoms. The van der Waals surface area contributed by atoms with Crippen molar-refractivity contribution in [1.82, 2.24) is 4.98 Å². The van der Waals surface area contributed by atoms with Gasteiger partial charge in [0.15, 0.2) is 5.13 Å². The number of thiazole rings is 1. The van der Waals surface area contributed by atoms with Crippen molar-refractivity contribution in [1.29, 1.82) is 0 Å². The van der Waals surface area contributed by atoms with Gasteiger partial charge in [0.05, 0.1) is 10.6 Å². The van der Waals surface area contributed by atoms with Gasteiger partial charge in [-0.2, -0.15) is 0 Å². The van der Waals surface area contributed by atoms with Crippen LogP contribution < -0.4 is 4.72 Å². The monoisotopic (exact) mass is 358 g/mol. The number of nitrogens with zero attached hydrogens (tertiary/aromatic N) is 1. The van der Waals surface area contributed by atoms with Gasteiger partial charge in [0.2, 0.25) is 0 Å². The molecule has 100 valence electrons. The van der Waals surface area contributed by atoms with Crippen LogP contribution in [0, 0.1) is 0 Å². The summed E-state index contributed by atoms with van der Waals surface area (Å²) in [6, 6.07) is 6.54. The summed E-state index contributed by atoms with van der Waals surface area (Å²) in [4.78, 5) is 5.78. The number of hydrogen-bond acceptors (Lipinski definition) is 4. The molecular formula is C12H11BrN2O2S2. The zero-order valence-corrected chi connectivity index (χ0v) is 13.1. The van der Waals surface area contributed by atoms with Crippen molar-refractivity contribution in [2.45, 2.75) is 24.2 Å². The van der Waals surface area contributed by atoms with Gasteiger partial charge in [-0.15, -0.1) is 11.3 Å². The van der Waals surface area contributed by atoms with Gasteiger partial charge in [-0.3, -0.25) is 4.72 Å². The van der Waals surface area contributed by atoms with Gasteiger partial charge >= 0.3 is 0 Å². The molecule has 1 aliphatic carbocycles. The molecule has 0 unspecified atom stereocenters. The lowest BCUT2D eigenvalue weighted by atomic mass is 10.4. The lowest BCUT2D eigenvalue weighted by Gasteiger charge is -2.05. The van der Waals surface area contributed by atoms with Gasteiger partial charge < -0.3 is 0 Å². The second-order valence-corrected chi connectivity index (χ2v) is 7.98. The van der Waals surface area contributed by atoms with Crippen LogP contribution in [0.5, 0.6) is 0 Å². The Kier molecular flexibility index (Phi) is 3.36. The van der Waals surface area contributed by atoms with Crippen LogP contribution in [0.2, 0.25) is 0 Å². The molecule has 1 aromatic heterocycles. The van der Waals surface area contributed by atoms with E-state index < -0.39 is 10.0 Å². The summed E-state index contributed by atoms with van der Waals surface area (Å²) in [5.41, 5.74) is 1.04. The molecule has 4 nitrogen and oxygen atoms in total. The van der Waals surface area contributed by atoms with E-state index in [1.54, 1.807) is 24.3 Å². The van der Waals surface area contributed by atoms with Gasteiger partial charge in [0.25, 0.3) is 10.0 Å².